The van der Waals surface area contributed by atoms with Crippen molar-refractivity contribution in [3.63, 3.8) is 0 Å². The van der Waals surface area contributed by atoms with Gasteiger partial charge < -0.3 is 20.9 Å². The number of rotatable bonds is 11. The van der Waals surface area contributed by atoms with Crippen molar-refractivity contribution in [2.75, 3.05) is 14.2 Å². The fourth-order valence-corrected chi connectivity index (χ4v) is 5.62. The van der Waals surface area contributed by atoms with Crippen LogP contribution in [0.4, 0.5) is 0 Å². The highest BCUT2D eigenvalue weighted by atomic mass is 16.5. The van der Waals surface area contributed by atoms with Gasteiger partial charge in [0.25, 0.3) is 0 Å². The predicted octanol–water partition coefficient (Wildman–Crippen LogP) is 5.89. The van der Waals surface area contributed by atoms with Crippen LogP contribution in [0.5, 0.6) is 0 Å². The molecule has 0 amide bonds. The van der Waals surface area contributed by atoms with E-state index < -0.39 is 11.1 Å². The van der Waals surface area contributed by atoms with Crippen LogP contribution in [0.2, 0.25) is 0 Å². The van der Waals surface area contributed by atoms with E-state index >= 15 is 0 Å². The van der Waals surface area contributed by atoms with E-state index in [2.05, 4.69) is 6.92 Å². The Morgan fingerprint density at radius 1 is 0.824 bits per heavy atom. The monoisotopic (exact) mass is 482 g/mol. The molecular weight excluding hydrogens is 428 g/mol. The van der Waals surface area contributed by atoms with E-state index in [4.69, 9.17) is 20.9 Å². The molecule has 0 aliphatic heterocycles. The molecule has 0 aromatic rings. The van der Waals surface area contributed by atoms with Crippen LogP contribution in [-0.2, 0) is 19.1 Å². The van der Waals surface area contributed by atoms with Crippen molar-refractivity contribution in [3.05, 3.63) is 0 Å². The maximum atomic E-state index is 12.2. The first-order valence-electron chi connectivity index (χ1n) is 13.9. The highest BCUT2D eigenvalue weighted by Gasteiger charge is 2.39. The van der Waals surface area contributed by atoms with Gasteiger partial charge in [-0.2, -0.15) is 0 Å². The van der Waals surface area contributed by atoms with Crippen molar-refractivity contribution in [3.8, 4) is 0 Å². The summed E-state index contributed by atoms with van der Waals surface area (Å²) in [4.78, 5) is 23.7. The number of ether oxygens (including phenoxy) is 2. The second-order valence-electron chi connectivity index (χ2n) is 11.2. The Morgan fingerprint density at radius 3 is 1.76 bits per heavy atom. The van der Waals surface area contributed by atoms with Crippen LogP contribution < -0.4 is 11.5 Å². The molecule has 0 radical (unpaired) electrons. The van der Waals surface area contributed by atoms with E-state index in [0.29, 0.717) is 12.3 Å². The first-order valence-corrected chi connectivity index (χ1v) is 13.9. The standard InChI is InChI=1S/C18H33NO2.C10H21NO2/c1-21-17(20)18(19,14-16-10-6-3-7-11-16)13-12-15-8-4-2-5-9-15;1-5-6-7-10(11,8(2)3)9(12)13-4/h15-16H,2-14,19H2,1H3;8H,5-7,11H2,1-4H3. The summed E-state index contributed by atoms with van der Waals surface area (Å²) in [5.41, 5.74) is 11.0. The third kappa shape index (κ3) is 9.85. The molecule has 34 heavy (non-hydrogen) atoms. The quantitative estimate of drug-likeness (QED) is 0.356. The Labute approximate surface area is 209 Å². The maximum absolute atomic E-state index is 12.2. The third-order valence-corrected chi connectivity index (χ3v) is 8.23. The zero-order chi connectivity index (χ0) is 25.6. The molecule has 2 aliphatic rings. The second kappa shape index (κ2) is 15.8. The molecule has 2 saturated carbocycles. The minimum Gasteiger partial charge on any atom is -0.468 e. The zero-order valence-electron chi connectivity index (χ0n) is 22.8. The molecule has 0 bridgehead atoms. The van der Waals surface area contributed by atoms with Gasteiger partial charge in [0.15, 0.2) is 0 Å². The molecule has 2 fully saturated rings. The fourth-order valence-electron chi connectivity index (χ4n) is 5.62. The van der Waals surface area contributed by atoms with E-state index in [-0.39, 0.29) is 17.9 Å². The summed E-state index contributed by atoms with van der Waals surface area (Å²) < 4.78 is 9.74. The first kappa shape index (κ1) is 30.9. The molecule has 0 aromatic heterocycles. The number of hydrogen-bond donors (Lipinski definition) is 2. The van der Waals surface area contributed by atoms with Crippen LogP contribution >= 0.6 is 0 Å². The van der Waals surface area contributed by atoms with Crippen molar-refractivity contribution < 1.29 is 19.1 Å². The average molecular weight is 483 g/mol. The Kier molecular flexibility index (Phi) is 14.3. The average Bonchev–Trinajstić information content (AvgIpc) is 2.86. The van der Waals surface area contributed by atoms with Crippen LogP contribution in [0.1, 0.15) is 124 Å². The van der Waals surface area contributed by atoms with Crippen LogP contribution in [0.15, 0.2) is 0 Å². The Hall–Kier alpha value is -1.14. The number of nitrogens with two attached hydrogens (primary N) is 2. The second-order valence-corrected chi connectivity index (χ2v) is 11.2. The molecular formula is C28H54N2O4. The highest BCUT2D eigenvalue weighted by molar-refractivity contribution is 5.81. The minimum absolute atomic E-state index is 0.117. The van der Waals surface area contributed by atoms with Crippen LogP contribution in [-0.4, -0.2) is 37.2 Å². The first-order chi connectivity index (χ1) is 16.1. The molecule has 6 nitrogen and oxygen atoms in total. The molecule has 4 N–H and O–H groups in total. The lowest BCUT2D eigenvalue weighted by molar-refractivity contribution is -0.149. The van der Waals surface area contributed by atoms with Gasteiger partial charge in [0.2, 0.25) is 0 Å². The van der Waals surface area contributed by atoms with Gasteiger partial charge in [-0.3, -0.25) is 9.59 Å². The fraction of sp³-hybridized carbons (Fsp3) is 0.929. The van der Waals surface area contributed by atoms with Gasteiger partial charge in [-0.25, -0.2) is 0 Å². The predicted molar refractivity (Wildman–Crippen MR) is 139 cm³/mol. The van der Waals surface area contributed by atoms with Gasteiger partial charge in [-0.05, 0) is 43.4 Å². The van der Waals surface area contributed by atoms with E-state index in [1.807, 2.05) is 13.8 Å². The van der Waals surface area contributed by atoms with Crippen LogP contribution in [0.25, 0.3) is 0 Å². The Bertz CT molecular complexity index is 585. The van der Waals surface area contributed by atoms with E-state index in [0.717, 1.165) is 38.0 Å². The highest BCUT2D eigenvalue weighted by Crippen LogP contribution is 2.35. The SMILES string of the molecule is CCCCC(N)(C(=O)OC)C(C)C.COC(=O)C(N)(CCC1CCCCC1)CC1CCCCC1. The normalized spacial score (nSPS) is 21.1. The van der Waals surface area contributed by atoms with Crippen molar-refractivity contribution in [2.24, 2.45) is 29.2 Å². The van der Waals surface area contributed by atoms with Crippen molar-refractivity contribution in [1.82, 2.24) is 0 Å². The molecule has 2 rings (SSSR count). The molecule has 0 heterocycles. The summed E-state index contributed by atoms with van der Waals surface area (Å²) in [6.07, 6.45) is 18.6. The Balaban J connectivity index is 0.000000385. The summed E-state index contributed by atoms with van der Waals surface area (Å²) in [6.45, 7) is 5.98. The zero-order valence-corrected chi connectivity index (χ0v) is 22.8. The van der Waals surface area contributed by atoms with E-state index in [1.165, 1.54) is 78.4 Å². The molecule has 2 aliphatic carbocycles. The van der Waals surface area contributed by atoms with Gasteiger partial charge in [-0.15, -0.1) is 0 Å². The molecule has 0 aromatic carbocycles. The number of carbonyl (C=O) groups is 2. The lowest BCUT2D eigenvalue weighted by Gasteiger charge is -2.34. The summed E-state index contributed by atoms with van der Waals surface area (Å²) in [5.74, 6) is 1.03. The lowest BCUT2D eigenvalue weighted by atomic mass is 9.75. The number of methoxy groups -OCH3 is 2. The maximum Gasteiger partial charge on any atom is 0.326 e. The van der Waals surface area contributed by atoms with Crippen molar-refractivity contribution >= 4 is 11.9 Å². The summed E-state index contributed by atoms with van der Waals surface area (Å²) >= 11 is 0. The number of unbranched alkanes of at least 4 members (excludes halogenated alkanes) is 1. The van der Waals surface area contributed by atoms with Gasteiger partial charge in [0.1, 0.15) is 11.1 Å². The van der Waals surface area contributed by atoms with E-state index in [9.17, 15) is 9.59 Å². The van der Waals surface area contributed by atoms with Gasteiger partial charge in [0.05, 0.1) is 14.2 Å². The number of hydrogen-bond acceptors (Lipinski definition) is 6. The molecule has 2 unspecified atom stereocenters. The number of carbonyl (C=O) groups excluding carboxylic acids is 2. The van der Waals surface area contributed by atoms with Crippen LogP contribution in [0.3, 0.4) is 0 Å². The smallest absolute Gasteiger partial charge is 0.326 e. The van der Waals surface area contributed by atoms with Crippen molar-refractivity contribution in [2.45, 2.75) is 135 Å². The van der Waals surface area contributed by atoms with Gasteiger partial charge in [-0.1, -0.05) is 97.8 Å². The minimum atomic E-state index is -0.801. The van der Waals surface area contributed by atoms with Gasteiger partial charge in [0, 0.05) is 0 Å². The van der Waals surface area contributed by atoms with Gasteiger partial charge >= 0.3 is 11.9 Å². The van der Waals surface area contributed by atoms with Crippen molar-refractivity contribution in [1.29, 1.82) is 0 Å². The van der Waals surface area contributed by atoms with E-state index in [1.54, 1.807) is 0 Å². The third-order valence-electron chi connectivity index (χ3n) is 8.23. The summed E-state index contributed by atoms with van der Waals surface area (Å²) in [7, 11) is 2.86. The summed E-state index contributed by atoms with van der Waals surface area (Å²) in [6, 6.07) is 0. The van der Waals surface area contributed by atoms with Crippen LogP contribution in [0, 0.1) is 17.8 Å². The molecule has 200 valence electrons. The molecule has 6 heteroatoms. The molecule has 2 atom stereocenters. The number of esters is 2. The summed E-state index contributed by atoms with van der Waals surface area (Å²) in [5, 5.41) is 0. The Morgan fingerprint density at radius 2 is 1.32 bits per heavy atom. The topological polar surface area (TPSA) is 105 Å². The lowest BCUT2D eigenvalue weighted by Crippen LogP contribution is -2.53. The molecule has 0 spiro atoms. The largest absolute Gasteiger partial charge is 0.468 e. The molecule has 0 saturated heterocycles.